The first-order chi connectivity index (χ1) is 8.26. The van der Waals surface area contributed by atoms with Gasteiger partial charge >= 0.3 is 6.18 Å². The minimum atomic E-state index is -4.16. The first-order valence-corrected chi connectivity index (χ1v) is 6.45. The van der Waals surface area contributed by atoms with Crippen LogP contribution in [0.1, 0.15) is 39.5 Å². The topological polar surface area (TPSA) is 49.5 Å². The van der Waals surface area contributed by atoms with Gasteiger partial charge in [0.05, 0.1) is 13.2 Å². The van der Waals surface area contributed by atoms with E-state index in [4.69, 9.17) is 10.8 Å². The van der Waals surface area contributed by atoms with Gasteiger partial charge in [0, 0.05) is 5.54 Å². The van der Waals surface area contributed by atoms with E-state index in [2.05, 4.69) is 0 Å². The van der Waals surface area contributed by atoms with E-state index in [-0.39, 0.29) is 6.61 Å². The lowest BCUT2D eigenvalue weighted by Crippen LogP contribution is -2.44. The molecule has 0 aliphatic carbocycles. The summed E-state index contributed by atoms with van der Waals surface area (Å²) in [5.41, 5.74) is 5.24. The van der Waals surface area contributed by atoms with Crippen LogP contribution in [0.15, 0.2) is 0 Å². The molecule has 6 heteroatoms. The number of hydrogen-bond acceptors (Lipinski definition) is 3. The summed E-state index contributed by atoms with van der Waals surface area (Å²) >= 11 is 0. The highest BCUT2D eigenvalue weighted by atomic mass is 19.4. The second kappa shape index (κ2) is 7.96. The minimum absolute atomic E-state index is 0.128. The van der Waals surface area contributed by atoms with Crippen molar-refractivity contribution >= 4 is 0 Å². The number of aliphatic hydroxyl groups is 1. The van der Waals surface area contributed by atoms with Crippen molar-refractivity contribution < 1.29 is 18.3 Å². The summed E-state index contributed by atoms with van der Waals surface area (Å²) in [6.45, 7) is 3.53. The van der Waals surface area contributed by atoms with Crippen LogP contribution in [-0.4, -0.2) is 48.0 Å². The SMILES string of the molecule is CCCN(CCCC(N)(CC)CO)CC(F)(F)F. The molecule has 3 nitrogen and oxygen atoms in total. The van der Waals surface area contributed by atoms with Gasteiger partial charge in [-0.3, -0.25) is 4.90 Å². The van der Waals surface area contributed by atoms with Crippen LogP contribution in [0, 0.1) is 0 Å². The molecule has 0 aliphatic heterocycles. The number of rotatable bonds is 9. The molecular weight excluding hydrogens is 245 g/mol. The first kappa shape index (κ1) is 17.7. The van der Waals surface area contributed by atoms with Crippen LogP contribution < -0.4 is 5.73 Å². The second-order valence-electron chi connectivity index (χ2n) is 4.87. The Morgan fingerprint density at radius 2 is 1.78 bits per heavy atom. The Kier molecular flexibility index (Phi) is 7.82. The Morgan fingerprint density at radius 1 is 1.17 bits per heavy atom. The van der Waals surface area contributed by atoms with Crippen molar-refractivity contribution in [1.82, 2.24) is 4.90 Å². The largest absolute Gasteiger partial charge is 0.401 e. The third-order valence-electron chi connectivity index (χ3n) is 3.11. The van der Waals surface area contributed by atoms with Crippen molar-refractivity contribution in [2.24, 2.45) is 5.73 Å². The molecule has 0 spiro atoms. The smallest absolute Gasteiger partial charge is 0.394 e. The van der Waals surface area contributed by atoms with E-state index in [0.717, 1.165) is 0 Å². The van der Waals surface area contributed by atoms with E-state index in [1.54, 1.807) is 0 Å². The number of aliphatic hydroxyl groups excluding tert-OH is 1. The molecule has 0 fully saturated rings. The predicted octanol–water partition coefficient (Wildman–Crippen LogP) is 2.14. The van der Waals surface area contributed by atoms with Gasteiger partial charge in [0.2, 0.25) is 0 Å². The molecule has 0 amide bonds. The van der Waals surface area contributed by atoms with E-state index in [9.17, 15) is 13.2 Å². The molecule has 0 heterocycles. The van der Waals surface area contributed by atoms with E-state index < -0.39 is 18.3 Å². The molecule has 110 valence electrons. The van der Waals surface area contributed by atoms with Crippen molar-refractivity contribution in [1.29, 1.82) is 0 Å². The lowest BCUT2D eigenvalue weighted by atomic mass is 9.92. The number of nitrogens with zero attached hydrogens (tertiary/aromatic N) is 1. The fourth-order valence-corrected chi connectivity index (χ4v) is 1.86. The standard InChI is InChI=1S/C12H25F3N2O/c1-3-7-17(9-12(13,14)15)8-5-6-11(16,4-2)10-18/h18H,3-10,16H2,1-2H3. The van der Waals surface area contributed by atoms with E-state index in [1.807, 2.05) is 13.8 Å². The molecule has 1 atom stereocenters. The molecule has 0 aromatic heterocycles. The van der Waals surface area contributed by atoms with Crippen LogP contribution in [0.25, 0.3) is 0 Å². The Balaban J connectivity index is 4.11. The van der Waals surface area contributed by atoms with Gasteiger partial charge in [0.25, 0.3) is 0 Å². The van der Waals surface area contributed by atoms with Gasteiger partial charge in [0.1, 0.15) is 0 Å². The fourth-order valence-electron chi connectivity index (χ4n) is 1.86. The molecule has 3 N–H and O–H groups in total. The molecule has 0 aromatic carbocycles. The second-order valence-corrected chi connectivity index (χ2v) is 4.87. The summed E-state index contributed by atoms with van der Waals surface area (Å²) in [7, 11) is 0. The Morgan fingerprint density at radius 3 is 2.17 bits per heavy atom. The van der Waals surface area contributed by atoms with Gasteiger partial charge in [-0.05, 0) is 38.8 Å². The van der Waals surface area contributed by atoms with Gasteiger partial charge in [-0.25, -0.2) is 0 Å². The molecule has 0 bridgehead atoms. The highest BCUT2D eigenvalue weighted by Crippen LogP contribution is 2.18. The predicted molar refractivity (Wildman–Crippen MR) is 66.3 cm³/mol. The highest BCUT2D eigenvalue weighted by Gasteiger charge is 2.30. The monoisotopic (exact) mass is 270 g/mol. The van der Waals surface area contributed by atoms with E-state index in [1.165, 1.54) is 4.90 Å². The maximum Gasteiger partial charge on any atom is 0.401 e. The fraction of sp³-hybridized carbons (Fsp3) is 1.00. The van der Waals surface area contributed by atoms with Crippen LogP contribution in [0.5, 0.6) is 0 Å². The highest BCUT2D eigenvalue weighted by molar-refractivity contribution is 4.81. The molecule has 18 heavy (non-hydrogen) atoms. The van der Waals surface area contributed by atoms with E-state index >= 15 is 0 Å². The van der Waals surface area contributed by atoms with Crippen LogP contribution in [0.2, 0.25) is 0 Å². The number of halogens is 3. The molecule has 0 radical (unpaired) electrons. The minimum Gasteiger partial charge on any atom is -0.394 e. The maximum absolute atomic E-state index is 12.3. The molecular formula is C12H25F3N2O. The normalized spacial score (nSPS) is 16.0. The molecule has 0 rings (SSSR count). The lowest BCUT2D eigenvalue weighted by Gasteiger charge is -2.28. The van der Waals surface area contributed by atoms with Crippen LogP contribution in [0.4, 0.5) is 13.2 Å². The summed E-state index contributed by atoms with van der Waals surface area (Å²) in [6.07, 6.45) is -1.73. The summed E-state index contributed by atoms with van der Waals surface area (Å²) in [6, 6.07) is 0. The molecule has 0 aliphatic rings. The summed E-state index contributed by atoms with van der Waals surface area (Å²) in [4.78, 5) is 1.40. The van der Waals surface area contributed by atoms with Crippen LogP contribution in [0.3, 0.4) is 0 Å². The quantitative estimate of drug-likeness (QED) is 0.675. The summed E-state index contributed by atoms with van der Waals surface area (Å²) in [5.74, 6) is 0. The molecule has 1 unspecified atom stereocenters. The Bertz CT molecular complexity index is 218. The van der Waals surface area contributed by atoms with Gasteiger partial charge in [0.15, 0.2) is 0 Å². The third-order valence-corrected chi connectivity index (χ3v) is 3.11. The van der Waals surface area contributed by atoms with Crippen molar-refractivity contribution in [2.75, 3.05) is 26.2 Å². The van der Waals surface area contributed by atoms with Crippen LogP contribution in [-0.2, 0) is 0 Å². The van der Waals surface area contributed by atoms with Gasteiger partial charge in [-0.1, -0.05) is 13.8 Å². The van der Waals surface area contributed by atoms with Crippen molar-refractivity contribution in [3.8, 4) is 0 Å². The maximum atomic E-state index is 12.3. The van der Waals surface area contributed by atoms with Crippen molar-refractivity contribution in [3.05, 3.63) is 0 Å². The number of alkyl halides is 3. The number of hydrogen-bond donors (Lipinski definition) is 2. The third kappa shape index (κ3) is 7.89. The van der Waals surface area contributed by atoms with Gasteiger partial charge in [-0.15, -0.1) is 0 Å². The van der Waals surface area contributed by atoms with Crippen molar-refractivity contribution in [3.63, 3.8) is 0 Å². The van der Waals surface area contributed by atoms with Gasteiger partial charge < -0.3 is 10.8 Å². The first-order valence-electron chi connectivity index (χ1n) is 6.45. The number of nitrogens with two attached hydrogens (primary N) is 1. The zero-order valence-corrected chi connectivity index (χ0v) is 11.3. The average molecular weight is 270 g/mol. The Hall–Kier alpha value is -0.330. The lowest BCUT2D eigenvalue weighted by molar-refractivity contribution is -0.146. The van der Waals surface area contributed by atoms with Crippen molar-refractivity contribution in [2.45, 2.75) is 51.2 Å². The van der Waals surface area contributed by atoms with E-state index in [0.29, 0.717) is 38.8 Å². The molecule has 0 aromatic rings. The summed E-state index contributed by atoms with van der Waals surface area (Å²) in [5, 5.41) is 9.12. The van der Waals surface area contributed by atoms with Gasteiger partial charge in [-0.2, -0.15) is 13.2 Å². The zero-order chi connectivity index (χ0) is 14.2. The average Bonchev–Trinajstić information content (AvgIpc) is 2.27. The zero-order valence-electron chi connectivity index (χ0n) is 11.3. The Labute approximate surface area is 107 Å². The molecule has 0 saturated carbocycles. The summed E-state index contributed by atoms with van der Waals surface area (Å²) < 4.78 is 36.9. The molecule has 0 saturated heterocycles. The van der Waals surface area contributed by atoms with Crippen LogP contribution >= 0.6 is 0 Å².